The van der Waals surface area contributed by atoms with E-state index < -0.39 is 0 Å². The Morgan fingerprint density at radius 2 is 2.17 bits per heavy atom. The Hall–Kier alpha value is -0.710. The van der Waals surface area contributed by atoms with Crippen LogP contribution in [0.25, 0.3) is 0 Å². The lowest BCUT2D eigenvalue weighted by Crippen LogP contribution is -2.49. The molecule has 2 aliphatic rings. The van der Waals surface area contributed by atoms with Crippen molar-refractivity contribution in [2.45, 2.75) is 16.6 Å². The third-order valence-electron chi connectivity index (χ3n) is 3.37. The monoisotopic (exact) mass is 284 g/mol. The summed E-state index contributed by atoms with van der Waals surface area (Å²) in [7, 11) is 0. The molecule has 1 saturated heterocycles. The van der Waals surface area contributed by atoms with Gasteiger partial charge >= 0.3 is 0 Å². The first-order valence-corrected chi connectivity index (χ1v) is 6.94. The molecule has 0 aromatic heterocycles. The average molecular weight is 285 g/mol. The van der Waals surface area contributed by atoms with Crippen molar-refractivity contribution in [2.24, 2.45) is 5.92 Å². The summed E-state index contributed by atoms with van der Waals surface area (Å²) in [5.41, 5.74) is 1.31. The molecular weight excluding hydrogens is 268 g/mol. The SMILES string of the molecule is Cl.O=C(NCC1CNC1)C1Cc2ccccc2S1. The lowest BCUT2D eigenvalue weighted by Gasteiger charge is -2.27. The fraction of sp³-hybridized carbons (Fsp3) is 0.462. The standard InChI is InChI=1S/C13H16N2OS.ClH/c16-13(15-8-9-6-14-7-9)12-5-10-3-1-2-4-11(10)17-12;/h1-4,9,12,14H,5-8H2,(H,15,16);1H. The van der Waals surface area contributed by atoms with E-state index in [0.29, 0.717) is 5.92 Å². The predicted molar refractivity (Wildman–Crippen MR) is 76.4 cm³/mol. The van der Waals surface area contributed by atoms with E-state index in [2.05, 4.69) is 22.8 Å². The largest absolute Gasteiger partial charge is 0.355 e. The molecule has 2 N–H and O–H groups in total. The van der Waals surface area contributed by atoms with Crippen molar-refractivity contribution in [1.82, 2.24) is 10.6 Å². The van der Waals surface area contributed by atoms with Gasteiger partial charge in [-0.05, 0) is 18.1 Å². The van der Waals surface area contributed by atoms with Crippen molar-refractivity contribution in [1.29, 1.82) is 0 Å². The highest BCUT2D eigenvalue weighted by Crippen LogP contribution is 2.36. The van der Waals surface area contributed by atoms with Gasteiger partial charge < -0.3 is 10.6 Å². The second-order valence-corrected chi connectivity index (χ2v) is 5.93. The second kappa shape index (κ2) is 5.95. The molecule has 3 rings (SSSR count). The molecule has 1 aromatic carbocycles. The van der Waals surface area contributed by atoms with Crippen molar-refractivity contribution in [3.8, 4) is 0 Å². The van der Waals surface area contributed by atoms with E-state index in [-0.39, 0.29) is 23.6 Å². The van der Waals surface area contributed by atoms with E-state index in [1.807, 2.05) is 12.1 Å². The van der Waals surface area contributed by atoms with Gasteiger partial charge in [0.05, 0.1) is 5.25 Å². The summed E-state index contributed by atoms with van der Waals surface area (Å²) in [6.07, 6.45) is 0.871. The number of halogens is 1. The minimum atomic E-state index is 0. The molecular formula is C13H17ClN2OS. The number of thioether (sulfide) groups is 1. The maximum Gasteiger partial charge on any atom is 0.233 e. The molecule has 0 radical (unpaired) electrons. The van der Waals surface area contributed by atoms with Crippen molar-refractivity contribution in [3.63, 3.8) is 0 Å². The van der Waals surface area contributed by atoms with Crippen molar-refractivity contribution in [2.75, 3.05) is 19.6 Å². The molecule has 1 fully saturated rings. The molecule has 0 bridgehead atoms. The second-order valence-electron chi connectivity index (χ2n) is 4.69. The third kappa shape index (κ3) is 2.82. The molecule has 5 heteroatoms. The van der Waals surface area contributed by atoms with Crippen LogP contribution in [-0.4, -0.2) is 30.8 Å². The maximum absolute atomic E-state index is 12.0. The minimum absolute atomic E-state index is 0. The highest BCUT2D eigenvalue weighted by Gasteiger charge is 2.28. The summed E-state index contributed by atoms with van der Waals surface area (Å²) < 4.78 is 0. The van der Waals surface area contributed by atoms with Gasteiger partial charge in [-0.25, -0.2) is 0 Å². The number of hydrogen-bond donors (Lipinski definition) is 2. The zero-order valence-corrected chi connectivity index (χ0v) is 11.7. The summed E-state index contributed by atoms with van der Waals surface area (Å²) in [6, 6.07) is 8.29. The van der Waals surface area contributed by atoms with E-state index >= 15 is 0 Å². The first-order valence-electron chi connectivity index (χ1n) is 6.06. The number of carbonyl (C=O) groups is 1. The molecule has 1 unspecified atom stereocenters. The average Bonchev–Trinajstić information content (AvgIpc) is 2.70. The van der Waals surface area contributed by atoms with Gasteiger partial charge in [0.25, 0.3) is 0 Å². The fourth-order valence-corrected chi connectivity index (χ4v) is 3.40. The summed E-state index contributed by atoms with van der Waals surface area (Å²) in [5.74, 6) is 0.825. The maximum atomic E-state index is 12.0. The van der Waals surface area contributed by atoms with Crippen LogP contribution in [0.3, 0.4) is 0 Å². The first-order chi connectivity index (χ1) is 8.33. The first kappa shape index (κ1) is 13.7. The van der Waals surface area contributed by atoms with Gasteiger partial charge in [0.2, 0.25) is 5.91 Å². The number of fused-ring (bicyclic) bond motifs is 1. The lowest BCUT2D eigenvalue weighted by molar-refractivity contribution is -0.120. The normalized spacial score (nSPS) is 21.7. The van der Waals surface area contributed by atoms with Gasteiger partial charge in [-0.3, -0.25) is 4.79 Å². The molecule has 1 atom stereocenters. The molecule has 18 heavy (non-hydrogen) atoms. The zero-order chi connectivity index (χ0) is 11.7. The Balaban J connectivity index is 0.00000120. The van der Waals surface area contributed by atoms with Crippen LogP contribution in [-0.2, 0) is 11.2 Å². The van der Waals surface area contributed by atoms with E-state index in [0.717, 1.165) is 26.1 Å². The van der Waals surface area contributed by atoms with Crippen LogP contribution >= 0.6 is 24.2 Å². The molecule has 0 spiro atoms. The van der Waals surface area contributed by atoms with Crippen LogP contribution in [0.15, 0.2) is 29.2 Å². The van der Waals surface area contributed by atoms with Gasteiger partial charge in [-0.15, -0.1) is 24.2 Å². The predicted octanol–water partition coefficient (Wildman–Crippen LogP) is 1.46. The highest BCUT2D eigenvalue weighted by molar-refractivity contribution is 8.01. The van der Waals surface area contributed by atoms with Gasteiger partial charge in [0, 0.05) is 30.4 Å². The summed E-state index contributed by atoms with van der Waals surface area (Å²) in [5, 5.41) is 6.34. The minimum Gasteiger partial charge on any atom is -0.355 e. The van der Waals surface area contributed by atoms with Crippen LogP contribution in [0.4, 0.5) is 0 Å². The molecule has 1 amide bonds. The summed E-state index contributed by atoms with van der Waals surface area (Å²) in [4.78, 5) is 13.3. The van der Waals surface area contributed by atoms with Crippen LogP contribution in [0.5, 0.6) is 0 Å². The Labute approximate surface area is 118 Å². The molecule has 1 aromatic rings. The molecule has 98 valence electrons. The third-order valence-corrected chi connectivity index (χ3v) is 4.69. The number of rotatable bonds is 3. The Kier molecular flexibility index (Phi) is 4.54. The van der Waals surface area contributed by atoms with Crippen LogP contribution in [0, 0.1) is 5.92 Å². The Morgan fingerprint density at radius 1 is 1.39 bits per heavy atom. The molecule has 0 aliphatic carbocycles. The van der Waals surface area contributed by atoms with Crippen molar-refractivity contribution in [3.05, 3.63) is 29.8 Å². The number of carbonyl (C=O) groups excluding carboxylic acids is 1. The van der Waals surface area contributed by atoms with E-state index in [1.54, 1.807) is 11.8 Å². The van der Waals surface area contributed by atoms with Crippen LogP contribution < -0.4 is 10.6 Å². The lowest BCUT2D eigenvalue weighted by atomic mass is 10.0. The van der Waals surface area contributed by atoms with Crippen molar-refractivity contribution < 1.29 is 4.79 Å². The van der Waals surface area contributed by atoms with E-state index in [1.165, 1.54) is 10.5 Å². The van der Waals surface area contributed by atoms with E-state index in [4.69, 9.17) is 0 Å². The van der Waals surface area contributed by atoms with Gasteiger partial charge in [-0.2, -0.15) is 0 Å². The van der Waals surface area contributed by atoms with Crippen LogP contribution in [0.1, 0.15) is 5.56 Å². The van der Waals surface area contributed by atoms with Crippen molar-refractivity contribution >= 4 is 30.1 Å². The van der Waals surface area contributed by atoms with Gasteiger partial charge in [0.15, 0.2) is 0 Å². The topological polar surface area (TPSA) is 41.1 Å². The molecule has 2 heterocycles. The number of nitrogens with one attached hydrogen (secondary N) is 2. The summed E-state index contributed by atoms with van der Waals surface area (Å²) in [6.45, 7) is 2.90. The fourth-order valence-electron chi connectivity index (χ4n) is 2.18. The Bertz CT molecular complexity index is 412. The zero-order valence-electron chi connectivity index (χ0n) is 10.0. The van der Waals surface area contributed by atoms with Crippen LogP contribution in [0.2, 0.25) is 0 Å². The molecule has 2 aliphatic heterocycles. The molecule has 0 saturated carbocycles. The number of hydrogen-bond acceptors (Lipinski definition) is 3. The van der Waals surface area contributed by atoms with Gasteiger partial charge in [-0.1, -0.05) is 18.2 Å². The van der Waals surface area contributed by atoms with E-state index in [9.17, 15) is 4.79 Å². The summed E-state index contributed by atoms with van der Waals surface area (Å²) >= 11 is 1.69. The Morgan fingerprint density at radius 3 is 2.83 bits per heavy atom. The quantitative estimate of drug-likeness (QED) is 0.883. The number of benzene rings is 1. The molecule has 3 nitrogen and oxygen atoms in total. The smallest absolute Gasteiger partial charge is 0.233 e. The van der Waals surface area contributed by atoms with Gasteiger partial charge in [0.1, 0.15) is 0 Å². The highest BCUT2D eigenvalue weighted by atomic mass is 35.5. The number of amides is 1.